The first-order chi connectivity index (χ1) is 11.0. The molecule has 0 bridgehead atoms. The highest BCUT2D eigenvalue weighted by atomic mass is 16.2. The van der Waals surface area contributed by atoms with Crippen molar-refractivity contribution >= 4 is 5.91 Å². The Balaban J connectivity index is 1.78. The lowest BCUT2D eigenvalue weighted by molar-refractivity contribution is 0.0923. The van der Waals surface area contributed by atoms with E-state index in [9.17, 15) is 4.79 Å². The van der Waals surface area contributed by atoms with Gasteiger partial charge in [0.05, 0.1) is 18.3 Å². The van der Waals surface area contributed by atoms with Gasteiger partial charge in [-0.1, -0.05) is 13.8 Å². The van der Waals surface area contributed by atoms with Crippen LogP contribution in [0.3, 0.4) is 0 Å². The van der Waals surface area contributed by atoms with Crippen LogP contribution < -0.4 is 10.6 Å². The molecule has 2 N–H and O–H groups in total. The average molecular weight is 317 g/mol. The summed E-state index contributed by atoms with van der Waals surface area (Å²) in [6.45, 7) is 6.66. The molecule has 1 aliphatic heterocycles. The molecule has 1 aliphatic rings. The Morgan fingerprint density at radius 1 is 1.48 bits per heavy atom. The molecule has 23 heavy (non-hydrogen) atoms. The van der Waals surface area contributed by atoms with Crippen LogP contribution in [0.25, 0.3) is 0 Å². The van der Waals surface area contributed by atoms with E-state index >= 15 is 0 Å². The molecule has 2 aromatic heterocycles. The summed E-state index contributed by atoms with van der Waals surface area (Å²) < 4.78 is 3.60. The van der Waals surface area contributed by atoms with Gasteiger partial charge >= 0.3 is 0 Å². The maximum absolute atomic E-state index is 12.6. The Kier molecular flexibility index (Phi) is 4.42. The van der Waals surface area contributed by atoms with Gasteiger partial charge in [0.15, 0.2) is 5.69 Å². The van der Waals surface area contributed by atoms with Gasteiger partial charge in [0.25, 0.3) is 5.91 Å². The van der Waals surface area contributed by atoms with Crippen LogP contribution in [0.2, 0.25) is 0 Å². The molecule has 1 atom stereocenters. The molecule has 8 nitrogen and oxygen atoms in total. The summed E-state index contributed by atoms with van der Waals surface area (Å²) in [5, 5.41) is 14.8. The first kappa shape index (κ1) is 15.7. The lowest BCUT2D eigenvalue weighted by atomic mass is 10.0. The fourth-order valence-corrected chi connectivity index (χ4v) is 2.86. The van der Waals surface area contributed by atoms with Crippen molar-refractivity contribution in [2.75, 3.05) is 6.54 Å². The molecule has 0 radical (unpaired) electrons. The van der Waals surface area contributed by atoms with Crippen molar-refractivity contribution in [2.45, 2.75) is 39.4 Å². The van der Waals surface area contributed by atoms with E-state index in [1.54, 1.807) is 4.68 Å². The number of fused-ring (bicyclic) bond motifs is 1. The molecule has 0 saturated heterocycles. The number of aryl methyl sites for hydroxylation is 1. The van der Waals surface area contributed by atoms with Crippen LogP contribution in [0.4, 0.5) is 0 Å². The van der Waals surface area contributed by atoms with Crippen LogP contribution in [-0.2, 0) is 20.1 Å². The van der Waals surface area contributed by atoms with Gasteiger partial charge < -0.3 is 10.6 Å². The highest BCUT2D eigenvalue weighted by molar-refractivity contribution is 5.92. The SMILES string of the molecule is CC(C)C[C@@H](NC(=O)c1cc2n(n1)CCNC2)c1ncnn1C. The molecular weight excluding hydrogens is 294 g/mol. The number of carbonyl (C=O) groups is 1. The van der Waals surface area contributed by atoms with E-state index in [4.69, 9.17) is 0 Å². The molecule has 0 saturated carbocycles. The van der Waals surface area contributed by atoms with Crippen LogP contribution in [0.15, 0.2) is 12.4 Å². The maximum Gasteiger partial charge on any atom is 0.272 e. The summed E-state index contributed by atoms with van der Waals surface area (Å²) in [7, 11) is 1.84. The number of nitrogens with one attached hydrogen (secondary N) is 2. The van der Waals surface area contributed by atoms with Gasteiger partial charge in [0, 0.05) is 20.1 Å². The minimum atomic E-state index is -0.174. The summed E-state index contributed by atoms with van der Waals surface area (Å²) in [6.07, 6.45) is 2.31. The van der Waals surface area contributed by atoms with Crippen molar-refractivity contribution in [1.82, 2.24) is 35.2 Å². The first-order valence-corrected chi connectivity index (χ1v) is 7.96. The third-order valence-electron chi connectivity index (χ3n) is 3.97. The molecule has 3 rings (SSSR count). The maximum atomic E-state index is 12.6. The smallest absolute Gasteiger partial charge is 0.272 e. The molecule has 124 valence electrons. The number of aromatic nitrogens is 5. The van der Waals surface area contributed by atoms with Gasteiger partial charge in [-0.15, -0.1) is 0 Å². The van der Waals surface area contributed by atoms with Crippen molar-refractivity contribution < 1.29 is 4.79 Å². The molecule has 1 amide bonds. The summed E-state index contributed by atoms with van der Waals surface area (Å²) in [4.78, 5) is 16.9. The predicted octanol–water partition coefficient (Wildman–Crippen LogP) is 0.632. The van der Waals surface area contributed by atoms with Crippen molar-refractivity contribution in [3.63, 3.8) is 0 Å². The quantitative estimate of drug-likeness (QED) is 0.844. The highest BCUT2D eigenvalue weighted by Crippen LogP contribution is 2.19. The molecule has 0 fully saturated rings. The Morgan fingerprint density at radius 3 is 2.96 bits per heavy atom. The lowest BCUT2D eigenvalue weighted by Gasteiger charge is -2.19. The zero-order chi connectivity index (χ0) is 16.4. The van der Waals surface area contributed by atoms with Crippen molar-refractivity contribution in [3.05, 3.63) is 29.6 Å². The van der Waals surface area contributed by atoms with E-state index in [0.29, 0.717) is 11.6 Å². The van der Waals surface area contributed by atoms with Gasteiger partial charge in [0.1, 0.15) is 12.2 Å². The zero-order valence-electron chi connectivity index (χ0n) is 13.8. The average Bonchev–Trinajstić information content (AvgIpc) is 3.11. The Hall–Kier alpha value is -2.22. The van der Waals surface area contributed by atoms with E-state index < -0.39 is 0 Å². The van der Waals surface area contributed by atoms with Crippen molar-refractivity contribution in [3.8, 4) is 0 Å². The van der Waals surface area contributed by atoms with Gasteiger partial charge in [-0.3, -0.25) is 14.2 Å². The summed E-state index contributed by atoms with van der Waals surface area (Å²) in [5.74, 6) is 1.02. The van der Waals surface area contributed by atoms with Crippen LogP contribution in [0.5, 0.6) is 0 Å². The molecule has 0 aliphatic carbocycles. The van der Waals surface area contributed by atoms with E-state index in [1.165, 1.54) is 6.33 Å². The van der Waals surface area contributed by atoms with E-state index in [1.807, 2.05) is 17.8 Å². The number of rotatable bonds is 5. The predicted molar refractivity (Wildman–Crippen MR) is 84.6 cm³/mol. The van der Waals surface area contributed by atoms with Gasteiger partial charge in [-0.05, 0) is 18.4 Å². The molecule has 0 spiro atoms. The topological polar surface area (TPSA) is 89.7 Å². The minimum Gasteiger partial charge on any atom is -0.341 e. The lowest BCUT2D eigenvalue weighted by Crippen LogP contribution is -2.32. The van der Waals surface area contributed by atoms with Crippen molar-refractivity contribution in [1.29, 1.82) is 0 Å². The monoisotopic (exact) mass is 317 g/mol. The number of amides is 1. The van der Waals surface area contributed by atoms with E-state index in [2.05, 4.69) is 39.7 Å². The second-order valence-corrected chi connectivity index (χ2v) is 6.32. The number of hydrogen-bond acceptors (Lipinski definition) is 5. The fraction of sp³-hybridized carbons (Fsp3) is 0.600. The number of nitrogens with zero attached hydrogens (tertiary/aromatic N) is 5. The second kappa shape index (κ2) is 6.49. The molecule has 0 aromatic carbocycles. The Labute approximate surface area is 135 Å². The number of carbonyl (C=O) groups excluding carboxylic acids is 1. The van der Waals surface area contributed by atoms with Crippen molar-refractivity contribution in [2.24, 2.45) is 13.0 Å². The third kappa shape index (κ3) is 3.42. The van der Waals surface area contributed by atoms with Crippen LogP contribution in [-0.4, -0.2) is 37.0 Å². The Bertz CT molecular complexity index is 664. The third-order valence-corrected chi connectivity index (χ3v) is 3.97. The van der Waals surface area contributed by atoms with E-state index in [0.717, 1.165) is 37.6 Å². The molecule has 2 aromatic rings. The van der Waals surface area contributed by atoms with Gasteiger partial charge in [-0.2, -0.15) is 10.2 Å². The summed E-state index contributed by atoms with van der Waals surface area (Å²) in [5.41, 5.74) is 1.50. The van der Waals surface area contributed by atoms with Crippen LogP contribution in [0.1, 0.15) is 48.3 Å². The van der Waals surface area contributed by atoms with Gasteiger partial charge in [0.2, 0.25) is 0 Å². The van der Waals surface area contributed by atoms with Crippen LogP contribution >= 0.6 is 0 Å². The van der Waals surface area contributed by atoms with Gasteiger partial charge in [-0.25, -0.2) is 4.98 Å². The second-order valence-electron chi connectivity index (χ2n) is 6.32. The summed E-state index contributed by atoms with van der Waals surface area (Å²) in [6, 6.07) is 1.68. The molecule has 8 heteroatoms. The summed E-state index contributed by atoms with van der Waals surface area (Å²) >= 11 is 0. The first-order valence-electron chi connectivity index (χ1n) is 7.96. The molecule has 0 unspecified atom stereocenters. The highest BCUT2D eigenvalue weighted by Gasteiger charge is 2.23. The van der Waals surface area contributed by atoms with E-state index in [-0.39, 0.29) is 11.9 Å². The standard InChI is InChI=1S/C15H23N7O/c1-10(2)6-12(14-17-9-18-21(14)3)19-15(23)13-7-11-8-16-4-5-22(11)20-13/h7,9-10,12,16H,4-6,8H2,1-3H3,(H,19,23)/t12-/m1/s1. The van der Waals surface area contributed by atoms with Crippen LogP contribution in [0, 0.1) is 5.92 Å². The largest absolute Gasteiger partial charge is 0.341 e. The molecule has 3 heterocycles. The normalized spacial score (nSPS) is 15.5. The Morgan fingerprint density at radius 2 is 2.30 bits per heavy atom. The molecular formula is C15H23N7O. The zero-order valence-corrected chi connectivity index (χ0v) is 13.8. The minimum absolute atomic E-state index is 0.166. The fourth-order valence-electron chi connectivity index (χ4n) is 2.86. The number of hydrogen-bond donors (Lipinski definition) is 2.